The fourth-order valence-corrected chi connectivity index (χ4v) is 2.19. The predicted octanol–water partition coefficient (Wildman–Crippen LogP) is 1.64. The lowest BCUT2D eigenvalue weighted by atomic mass is 10.2. The van der Waals surface area contributed by atoms with Gasteiger partial charge < -0.3 is 10.5 Å². The molecule has 0 aliphatic heterocycles. The van der Waals surface area contributed by atoms with Crippen LogP contribution < -0.4 is 5.73 Å². The smallest absolute Gasteiger partial charge is 0.0588 e. The number of nitrogens with two attached hydrogens (primary N) is 1. The van der Waals surface area contributed by atoms with E-state index in [0.29, 0.717) is 6.54 Å². The van der Waals surface area contributed by atoms with Crippen molar-refractivity contribution in [3.05, 3.63) is 0 Å². The molecule has 0 radical (unpaired) electrons. The minimum absolute atomic E-state index is 0.650. The van der Waals surface area contributed by atoms with Gasteiger partial charge in [-0.15, -0.1) is 0 Å². The van der Waals surface area contributed by atoms with Crippen LogP contribution in [0, 0.1) is 17.8 Å². The second-order valence-corrected chi connectivity index (χ2v) is 3.78. The molecule has 0 amide bonds. The maximum Gasteiger partial charge on any atom is 0.0588 e. The third kappa shape index (κ3) is 2.46. The average molecular weight is 171 g/mol. The highest BCUT2D eigenvalue weighted by atomic mass is 16.5. The van der Waals surface area contributed by atoms with Crippen molar-refractivity contribution in [3.8, 4) is 0 Å². The van der Waals surface area contributed by atoms with Crippen LogP contribution in [-0.4, -0.2) is 19.8 Å². The normalized spacial score (nSPS) is 33.8. The Balaban J connectivity index is 1.95. The first-order chi connectivity index (χ1) is 5.81. The van der Waals surface area contributed by atoms with E-state index in [9.17, 15) is 0 Å². The minimum atomic E-state index is 0.650. The second kappa shape index (κ2) is 4.83. The Morgan fingerprint density at radius 1 is 1.25 bits per heavy atom. The first-order valence-corrected chi connectivity index (χ1v) is 5.09. The van der Waals surface area contributed by atoms with Crippen molar-refractivity contribution in [2.75, 3.05) is 19.8 Å². The summed E-state index contributed by atoms with van der Waals surface area (Å²) >= 11 is 0. The van der Waals surface area contributed by atoms with Crippen LogP contribution in [-0.2, 0) is 4.74 Å². The highest BCUT2D eigenvalue weighted by Crippen LogP contribution is 2.50. The van der Waals surface area contributed by atoms with Gasteiger partial charge in [-0.05, 0) is 24.2 Å². The van der Waals surface area contributed by atoms with E-state index in [-0.39, 0.29) is 0 Å². The van der Waals surface area contributed by atoms with Crippen molar-refractivity contribution in [2.24, 2.45) is 23.5 Å². The Bertz CT molecular complexity index is 127. The van der Waals surface area contributed by atoms with Gasteiger partial charge in [0.2, 0.25) is 0 Å². The molecule has 0 aromatic heterocycles. The third-order valence-corrected chi connectivity index (χ3v) is 3.09. The summed E-state index contributed by atoms with van der Waals surface area (Å²) in [6.07, 6.45) is 2.57. The summed E-state index contributed by atoms with van der Waals surface area (Å²) in [5, 5.41) is 0. The third-order valence-electron chi connectivity index (χ3n) is 3.09. The molecule has 12 heavy (non-hydrogen) atoms. The molecule has 2 N–H and O–H groups in total. The summed E-state index contributed by atoms with van der Waals surface area (Å²) < 4.78 is 5.35. The summed E-state index contributed by atoms with van der Waals surface area (Å²) in [6, 6.07) is 0. The lowest BCUT2D eigenvalue weighted by molar-refractivity contribution is 0.133. The van der Waals surface area contributed by atoms with Crippen molar-refractivity contribution in [1.29, 1.82) is 0 Å². The molecular formula is C10H21NO. The summed E-state index contributed by atoms with van der Waals surface area (Å²) in [5.41, 5.74) is 5.32. The molecular weight excluding hydrogens is 150 g/mol. The van der Waals surface area contributed by atoms with Crippen LogP contribution in [0.3, 0.4) is 0 Å². The Morgan fingerprint density at radius 2 is 2.00 bits per heavy atom. The summed E-state index contributed by atoms with van der Waals surface area (Å²) in [5.74, 6) is 2.86. The zero-order chi connectivity index (χ0) is 8.97. The van der Waals surface area contributed by atoms with Gasteiger partial charge in [-0.25, -0.2) is 0 Å². The van der Waals surface area contributed by atoms with E-state index in [1.54, 1.807) is 0 Å². The van der Waals surface area contributed by atoms with Gasteiger partial charge in [0, 0.05) is 13.2 Å². The topological polar surface area (TPSA) is 35.2 Å². The first kappa shape index (κ1) is 10.0. The van der Waals surface area contributed by atoms with E-state index in [1.807, 2.05) is 0 Å². The molecule has 0 saturated heterocycles. The molecule has 3 unspecified atom stereocenters. The maximum atomic E-state index is 5.35. The van der Waals surface area contributed by atoms with Gasteiger partial charge in [0.05, 0.1) is 6.61 Å². The van der Waals surface area contributed by atoms with Crippen LogP contribution in [0.2, 0.25) is 0 Å². The minimum Gasteiger partial charge on any atom is -0.380 e. The molecule has 72 valence electrons. The van der Waals surface area contributed by atoms with E-state index in [0.717, 1.165) is 31.0 Å². The molecule has 0 aromatic carbocycles. The number of rotatable bonds is 6. The highest BCUT2D eigenvalue weighted by Gasteiger charge is 2.43. The number of hydrogen-bond donors (Lipinski definition) is 1. The van der Waals surface area contributed by atoms with Crippen LogP contribution in [0.5, 0.6) is 0 Å². The standard InChI is InChI=1S/C10H21NO/c1-3-9-8(2)10(9)4-6-12-7-5-11/h8-10H,3-7,11H2,1-2H3. The average Bonchev–Trinajstić information content (AvgIpc) is 2.70. The van der Waals surface area contributed by atoms with Gasteiger partial charge in [-0.1, -0.05) is 20.3 Å². The molecule has 2 nitrogen and oxygen atoms in total. The van der Waals surface area contributed by atoms with Crippen molar-refractivity contribution >= 4 is 0 Å². The van der Waals surface area contributed by atoms with E-state index in [4.69, 9.17) is 10.5 Å². The SMILES string of the molecule is CCC1C(C)C1CCOCCN. The molecule has 1 fully saturated rings. The summed E-state index contributed by atoms with van der Waals surface area (Å²) in [7, 11) is 0. The monoisotopic (exact) mass is 171 g/mol. The molecule has 2 heteroatoms. The maximum absolute atomic E-state index is 5.35. The molecule has 0 spiro atoms. The zero-order valence-electron chi connectivity index (χ0n) is 8.25. The van der Waals surface area contributed by atoms with E-state index >= 15 is 0 Å². The zero-order valence-corrected chi connectivity index (χ0v) is 8.25. The molecule has 1 rings (SSSR count). The van der Waals surface area contributed by atoms with Crippen LogP contribution in [0.1, 0.15) is 26.7 Å². The Labute approximate surface area is 75.5 Å². The van der Waals surface area contributed by atoms with E-state index in [1.165, 1.54) is 12.8 Å². The Kier molecular flexibility index (Phi) is 4.02. The molecule has 3 atom stereocenters. The predicted molar refractivity (Wildman–Crippen MR) is 50.9 cm³/mol. The fraction of sp³-hybridized carbons (Fsp3) is 1.00. The van der Waals surface area contributed by atoms with Gasteiger partial charge in [-0.2, -0.15) is 0 Å². The lowest BCUT2D eigenvalue weighted by Crippen LogP contribution is -2.09. The van der Waals surface area contributed by atoms with Crippen LogP contribution in [0.15, 0.2) is 0 Å². The second-order valence-electron chi connectivity index (χ2n) is 3.78. The van der Waals surface area contributed by atoms with Crippen LogP contribution in [0.4, 0.5) is 0 Å². The summed E-state index contributed by atoms with van der Waals surface area (Å²) in [6.45, 7) is 6.90. The molecule has 1 saturated carbocycles. The largest absolute Gasteiger partial charge is 0.380 e. The summed E-state index contributed by atoms with van der Waals surface area (Å²) in [4.78, 5) is 0. The quantitative estimate of drug-likeness (QED) is 0.617. The Morgan fingerprint density at radius 3 is 2.50 bits per heavy atom. The van der Waals surface area contributed by atoms with Crippen molar-refractivity contribution in [2.45, 2.75) is 26.7 Å². The van der Waals surface area contributed by atoms with Gasteiger partial charge >= 0.3 is 0 Å². The van der Waals surface area contributed by atoms with Gasteiger partial charge in [0.25, 0.3) is 0 Å². The first-order valence-electron chi connectivity index (χ1n) is 5.09. The molecule has 1 aliphatic carbocycles. The number of hydrogen-bond acceptors (Lipinski definition) is 2. The van der Waals surface area contributed by atoms with Crippen molar-refractivity contribution in [1.82, 2.24) is 0 Å². The lowest BCUT2D eigenvalue weighted by Gasteiger charge is -2.00. The van der Waals surface area contributed by atoms with E-state index < -0.39 is 0 Å². The van der Waals surface area contributed by atoms with E-state index in [2.05, 4.69) is 13.8 Å². The highest BCUT2D eigenvalue weighted by molar-refractivity contribution is 4.92. The van der Waals surface area contributed by atoms with Crippen molar-refractivity contribution < 1.29 is 4.74 Å². The molecule has 1 aliphatic rings. The Hall–Kier alpha value is -0.0800. The van der Waals surface area contributed by atoms with Crippen LogP contribution in [0.25, 0.3) is 0 Å². The van der Waals surface area contributed by atoms with Gasteiger partial charge in [-0.3, -0.25) is 0 Å². The van der Waals surface area contributed by atoms with Gasteiger partial charge in [0.15, 0.2) is 0 Å². The van der Waals surface area contributed by atoms with Crippen LogP contribution >= 0.6 is 0 Å². The molecule has 0 aromatic rings. The number of ether oxygens (including phenoxy) is 1. The van der Waals surface area contributed by atoms with Crippen molar-refractivity contribution in [3.63, 3.8) is 0 Å². The fourth-order valence-electron chi connectivity index (χ4n) is 2.19. The molecule has 0 bridgehead atoms. The molecule has 0 heterocycles. The van der Waals surface area contributed by atoms with Gasteiger partial charge in [0.1, 0.15) is 0 Å².